The molecule has 164 valence electrons. The molecular weight excluding hydrogens is 442 g/mol. The van der Waals surface area contributed by atoms with Gasteiger partial charge in [0.1, 0.15) is 5.02 Å². The number of hydrogen-bond donors (Lipinski definition) is 0. The second kappa shape index (κ2) is 9.17. The van der Waals surface area contributed by atoms with Gasteiger partial charge in [-0.1, -0.05) is 29.8 Å². The minimum Gasteiger partial charge on any atom is -0.337 e. The average molecular weight is 464 g/mol. The van der Waals surface area contributed by atoms with Crippen LogP contribution >= 0.6 is 11.6 Å². The Morgan fingerprint density at radius 1 is 1.10 bits per heavy atom. The Kier molecular flexibility index (Phi) is 6.78. The zero-order chi connectivity index (χ0) is 22.8. The lowest BCUT2D eigenvalue weighted by atomic mass is 10.2. The average Bonchev–Trinajstić information content (AvgIpc) is 2.74. The highest BCUT2D eigenvalue weighted by Gasteiger charge is 2.30. The van der Waals surface area contributed by atoms with Crippen LogP contribution in [0.4, 0.5) is 5.69 Å². The highest BCUT2D eigenvalue weighted by molar-refractivity contribution is 7.89. The smallest absolute Gasteiger partial charge is 0.288 e. The van der Waals surface area contributed by atoms with Crippen LogP contribution in [-0.2, 0) is 14.8 Å². The summed E-state index contributed by atoms with van der Waals surface area (Å²) in [6.45, 7) is 4.51. The maximum Gasteiger partial charge on any atom is 0.288 e. The summed E-state index contributed by atoms with van der Waals surface area (Å²) in [6.07, 6.45) is 2.80. The Hall–Kier alpha value is -2.75. The minimum absolute atomic E-state index is 0.0228. The van der Waals surface area contributed by atoms with Crippen molar-refractivity contribution in [2.24, 2.45) is 0 Å². The molecule has 0 atom stereocenters. The van der Waals surface area contributed by atoms with E-state index < -0.39 is 14.9 Å². The quantitative estimate of drug-likeness (QED) is 0.384. The second-order valence-electron chi connectivity index (χ2n) is 7.30. The van der Waals surface area contributed by atoms with Gasteiger partial charge in [-0.15, -0.1) is 0 Å². The zero-order valence-electron chi connectivity index (χ0n) is 17.1. The van der Waals surface area contributed by atoms with E-state index in [2.05, 4.69) is 0 Å². The first-order valence-corrected chi connectivity index (χ1v) is 11.4. The highest BCUT2D eigenvalue weighted by atomic mass is 35.5. The van der Waals surface area contributed by atoms with Crippen LogP contribution in [0.1, 0.15) is 16.7 Å². The summed E-state index contributed by atoms with van der Waals surface area (Å²) < 4.78 is 27.4. The molecule has 0 saturated carbocycles. The number of hydrogen-bond acceptors (Lipinski definition) is 5. The van der Waals surface area contributed by atoms with E-state index in [0.29, 0.717) is 11.1 Å². The number of halogens is 1. The van der Waals surface area contributed by atoms with Crippen molar-refractivity contribution >= 4 is 39.3 Å². The number of nitro benzene ring substituents is 1. The van der Waals surface area contributed by atoms with Crippen LogP contribution in [-0.4, -0.2) is 54.6 Å². The lowest BCUT2D eigenvalue weighted by Gasteiger charge is -2.33. The second-order valence-corrected chi connectivity index (χ2v) is 9.61. The lowest BCUT2D eigenvalue weighted by molar-refractivity contribution is -0.384. The van der Waals surface area contributed by atoms with Gasteiger partial charge in [0.15, 0.2) is 0 Å². The Morgan fingerprint density at radius 3 is 2.42 bits per heavy atom. The molecule has 0 aliphatic carbocycles. The van der Waals surface area contributed by atoms with Crippen LogP contribution < -0.4 is 0 Å². The third-order valence-electron chi connectivity index (χ3n) is 5.10. The minimum atomic E-state index is -3.64. The van der Waals surface area contributed by atoms with Crippen molar-refractivity contribution in [3.8, 4) is 0 Å². The predicted octanol–water partition coefficient (Wildman–Crippen LogP) is 3.41. The number of aryl methyl sites for hydroxylation is 2. The molecule has 8 nitrogen and oxygen atoms in total. The molecule has 0 bridgehead atoms. The van der Waals surface area contributed by atoms with Gasteiger partial charge in [-0.05, 0) is 48.7 Å². The van der Waals surface area contributed by atoms with Crippen LogP contribution in [0, 0.1) is 24.0 Å². The summed E-state index contributed by atoms with van der Waals surface area (Å²) in [5.41, 5.74) is 1.79. The number of carbonyl (C=O) groups is 1. The highest BCUT2D eigenvalue weighted by Crippen LogP contribution is 2.26. The number of rotatable bonds is 5. The number of nitrogens with zero attached hydrogens (tertiary/aromatic N) is 3. The molecule has 1 heterocycles. The molecule has 2 aromatic rings. The molecule has 1 amide bonds. The molecule has 0 unspecified atom stereocenters. The van der Waals surface area contributed by atoms with Crippen molar-refractivity contribution in [2.45, 2.75) is 18.7 Å². The monoisotopic (exact) mass is 463 g/mol. The number of piperazine rings is 1. The van der Waals surface area contributed by atoms with E-state index in [4.69, 9.17) is 11.6 Å². The molecule has 1 fully saturated rings. The van der Waals surface area contributed by atoms with E-state index in [1.54, 1.807) is 30.0 Å². The van der Waals surface area contributed by atoms with Crippen LogP contribution in [0.5, 0.6) is 0 Å². The molecule has 3 rings (SSSR count). The Bertz CT molecular complexity index is 1160. The summed E-state index contributed by atoms with van der Waals surface area (Å²) in [5, 5.41) is 11.0. The fraction of sp³-hybridized carbons (Fsp3) is 0.286. The maximum absolute atomic E-state index is 13.0. The molecule has 0 spiro atoms. The van der Waals surface area contributed by atoms with Gasteiger partial charge in [0.05, 0.1) is 9.82 Å². The third kappa shape index (κ3) is 5.12. The van der Waals surface area contributed by atoms with Gasteiger partial charge < -0.3 is 4.90 Å². The number of nitro groups is 1. The standard InChI is InChI=1S/C21H22ClN3O5S/c1-15-3-4-16(2)20(13-15)31(29,30)24-11-9-23(10-12-24)21(26)8-6-17-5-7-18(22)19(14-17)25(27)28/h3-8,13-14H,9-12H2,1-2H3/b8-6+. The van der Waals surface area contributed by atoms with Gasteiger partial charge in [-0.25, -0.2) is 8.42 Å². The molecule has 0 aromatic heterocycles. The van der Waals surface area contributed by atoms with Crippen LogP contribution in [0.3, 0.4) is 0 Å². The Labute approximate surface area is 185 Å². The molecule has 0 radical (unpaired) electrons. The fourth-order valence-corrected chi connectivity index (χ4v) is 5.24. The van der Waals surface area contributed by atoms with E-state index >= 15 is 0 Å². The van der Waals surface area contributed by atoms with Crippen LogP contribution in [0.25, 0.3) is 6.08 Å². The summed E-state index contributed by atoms with van der Waals surface area (Å²) in [7, 11) is -3.64. The zero-order valence-corrected chi connectivity index (χ0v) is 18.7. The van der Waals surface area contributed by atoms with Crippen LogP contribution in [0.15, 0.2) is 47.4 Å². The predicted molar refractivity (Wildman–Crippen MR) is 118 cm³/mol. The Morgan fingerprint density at radius 2 is 1.77 bits per heavy atom. The summed E-state index contributed by atoms with van der Waals surface area (Å²) in [5.74, 6) is -0.290. The van der Waals surface area contributed by atoms with Gasteiger partial charge in [-0.3, -0.25) is 14.9 Å². The first-order chi connectivity index (χ1) is 14.6. The molecular formula is C21H22ClN3O5S. The molecule has 1 aliphatic heterocycles. The summed E-state index contributed by atoms with van der Waals surface area (Å²) >= 11 is 5.79. The fourth-order valence-electron chi connectivity index (χ4n) is 3.32. The topological polar surface area (TPSA) is 101 Å². The van der Waals surface area contributed by atoms with Crippen molar-refractivity contribution < 1.29 is 18.1 Å². The van der Waals surface area contributed by atoms with Crippen molar-refractivity contribution in [3.63, 3.8) is 0 Å². The number of carbonyl (C=O) groups excluding carboxylic acids is 1. The van der Waals surface area contributed by atoms with E-state index in [-0.39, 0.29) is 47.7 Å². The SMILES string of the molecule is Cc1ccc(C)c(S(=O)(=O)N2CCN(C(=O)/C=C/c3ccc(Cl)c([N+](=O)[O-])c3)CC2)c1. The van der Waals surface area contributed by atoms with E-state index in [1.807, 2.05) is 13.0 Å². The molecule has 31 heavy (non-hydrogen) atoms. The van der Waals surface area contributed by atoms with E-state index in [0.717, 1.165) is 5.56 Å². The molecule has 1 aliphatic rings. The summed E-state index contributed by atoms with van der Waals surface area (Å²) in [6, 6.07) is 9.59. The van der Waals surface area contributed by atoms with Crippen molar-refractivity contribution in [3.05, 3.63) is 74.3 Å². The van der Waals surface area contributed by atoms with E-state index in [1.165, 1.54) is 28.6 Å². The molecule has 1 saturated heterocycles. The van der Waals surface area contributed by atoms with Gasteiger partial charge in [0.25, 0.3) is 5.69 Å². The van der Waals surface area contributed by atoms with Crippen molar-refractivity contribution in [1.29, 1.82) is 0 Å². The van der Waals surface area contributed by atoms with Gasteiger partial charge in [0, 0.05) is 38.3 Å². The number of sulfonamides is 1. The molecule has 2 aromatic carbocycles. The Balaban J connectivity index is 1.66. The third-order valence-corrected chi connectivity index (χ3v) is 7.46. The first kappa shape index (κ1) is 22.9. The summed E-state index contributed by atoms with van der Waals surface area (Å²) in [4.78, 5) is 24.7. The van der Waals surface area contributed by atoms with Crippen LogP contribution in [0.2, 0.25) is 5.02 Å². The number of amides is 1. The van der Waals surface area contributed by atoms with Crippen molar-refractivity contribution in [2.75, 3.05) is 26.2 Å². The molecule has 10 heteroatoms. The maximum atomic E-state index is 13.0. The van der Waals surface area contributed by atoms with Gasteiger partial charge in [-0.2, -0.15) is 4.31 Å². The van der Waals surface area contributed by atoms with E-state index in [9.17, 15) is 23.3 Å². The largest absolute Gasteiger partial charge is 0.337 e. The first-order valence-electron chi connectivity index (χ1n) is 9.58. The van der Waals surface area contributed by atoms with Gasteiger partial charge in [0.2, 0.25) is 15.9 Å². The lowest BCUT2D eigenvalue weighted by Crippen LogP contribution is -2.50. The van der Waals surface area contributed by atoms with Gasteiger partial charge >= 0.3 is 0 Å². The normalized spacial score (nSPS) is 15.4. The molecule has 0 N–H and O–H groups in total. The number of benzene rings is 2. The van der Waals surface area contributed by atoms with Crippen molar-refractivity contribution in [1.82, 2.24) is 9.21 Å².